The highest BCUT2D eigenvalue weighted by Crippen LogP contribution is 2.30. The fraction of sp³-hybridized carbons (Fsp3) is 0.0833. The van der Waals surface area contributed by atoms with Crippen molar-refractivity contribution in [1.29, 1.82) is 0 Å². The van der Waals surface area contributed by atoms with Crippen LogP contribution in [0.2, 0.25) is 0 Å². The SMILES string of the molecule is O=C(O)C(O)c1ccc(O)c2ccccc12. The fourth-order valence-electron chi connectivity index (χ4n) is 1.68. The molecule has 82 valence electrons. The highest BCUT2D eigenvalue weighted by Gasteiger charge is 2.19. The number of benzene rings is 2. The van der Waals surface area contributed by atoms with Crippen LogP contribution in [0.1, 0.15) is 11.7 Å². The number of aliphatic carboxylic acids is 1. The number of aliphatic hydroxyl groups is 1. The van der Waals surface area contributed by atoms with Crippen molar-refractivity contribution >= 4 is 16.7 Å². The van der Waals surface area contributed by atoms with Gasteiger partial charge in [0, 0.05) is 5.39 Å². The van der Waals surface area contributed by atoms with E-state index in [9.17, 15) is 15.0 Å². The molecule has 4 nitrogen and oxygen atoms in total. The van der Waals surface area contributed by atoms with E-state index in [1.807, 2.05) is 0 Å². The number of carboxylic acid groups (broad SMARTS) is 1. The lowest BCUT2D eigenvalue weighted by Crippen LogP contribution is -2.10. The first-order valence-electron chi connectivity index (χ1n) is 4.72. The molecule has 0 saturated carbocycles. The molecule has 0 aliphatic carbocycles. The van der Waals surface area contributed by atoms with E-state index in [4.69, 9.17) is 5.11 Å². The quantitative estimate of drug-likeness (QED) is 0.716. The Morgan fingerprint density at radius 3 is 2.31 bits per heavy atom. The molecule has 0 amide bonds. The third kappa shape index (κ3) is 1.59. The van der Waals surface area contributed by atoms with Crippen LogP contribution in [0.25, 0.3) is 10.8 Å². The first-order chi connectivity index (χ1) is 7.61. The zero-order chi connectivity index (χ0) is 11.7. The molecule has 1 atom stereocenters. The van der Waals surface area contributed by atoms with Gasteiger partial charge in [-0.3, -0.25) is 0 Å². The molecule has 2 aromatic rings. The number of rotatable bonds is 2. The van der Waals surface area contributed by atoms with Gasteiger partial charge in [0.25, 0.3) is 0 Å². The summed E-state index contributed by atoms with van der Waals surface area (Å²) in [6.45, 7) is 0. The fourth-order valence-corrected chi connectivity index (χ4v) is 1.68. The van der Waals surface area contributed by atoms with Crippen LogP contribution in [0.15, 0.2) is 36.4 Å². The maximum absolute atomic E-state index is 10.7. The molecule has 0 heterocycles. The monoisotopic (exact) mass is 218 g/mol. The molecule has 0 bridgehead atoms. The summed E-state index contributed by atoms with van der Waals surface area (Å²) in [4.78, 5) is 10.7. The van der Waals surface area contributed by atoms with Crippen molar-refractivity contribution in [2.45, 2.75) is 6.10 Å². The lowest BCUT2D eigenvalue weighted by molar-refractivity contribution is -0.146. The third-order valence-corrected chi connectivity index (χ3v) is 2.46. The second kappa shape index (κ2) is 3.83. The van der Waals surface area contributed by atoms with Crippen LogP contribution in [-0.2, 0) is 4.79 Å². The van der Waals surface area contributed by atoms with Gasteiger partial charge in [0.1, 0.15) is 5.75 Å². The summed E-state index contributed by atoms with van der Waals surface area (Å²) in [5.74, 6) is -1.24. The van der Waals surface area contributed by atoms with Crippen molar-refractivity contribution in [3.63, 3.8) is 0 Å². The first-order valence-corrected chi connectivity index (χ1v) is 4.72. The number of phenols is 1. The van der Waals surface area contributed by atoms with Gasteiger partial charge < -0.3 is 15.3 Å². The highest BCUT2D eigenvalue weighted by molar-refractivity contribution is 5.93. The lowest BCUT2D eigenvalue weighted by Gasteiger charge is -2.10. The molecule has 0 aromatic heterocycles. The predicted octanol–water partition coefficient (Wildman–Crippen LogP) is 1.66. The Labute approximate surface area is 91.4 Å². The highest BCUT2D eigenvalue weighted by atomic mass is 16.4. The maximum Gasteiger partial charge on any atom is 0.337 e. The Kier molecular flexibility index (Phi) is 2.50. The molecule has 3 N–H and O–H groups in total. The van der Waals surface area contributed by atoms with Crippen LogP contribution >= 0.6 is 0 Å². The molecular weight excluding hydrogens is 208 g/mol. The smallest absolute Gasteiger partial charge is 0.337 e. The van der Waals surface area contributed by atoms with E-state index < -0.39 is 12.1 Å². The van der Waals surface area contributed by atoms with Gasteiger partial charge in [-0.2, -0.15) is 0 Å². The van der Waals surface area contributed by atoms with Gasteiger partial charge in [0.2, 0.25) is 0 Å². The number of fused-ring (bicyclic) bond motifs is 1. The zero-order valence-corrected chi connectivity index (χ0v) is 8.29. The summed E-state index contributed by atoms with van der Waals surface area (Å²) in [7, 11) is 0. The van der Waals surface area contributed by atoms with Gasteiger partial charge in [-0.25, -0.2) is 4.79 Å². The Morgan fingerprint density at radius 1 is 1.06 bits per heavy atom. The second-order valence-corrected chi connectivity index (χ2v) is 3.46. The van der Waals surface area contributed by atoms with Crippen LogP contribution in [-0.4, -0.2) is 21.3 Å². The van der Waals surface area contributed by atoms with Crippen molar-refractivity contribution in [3.05, 3.63) is 42.0 Å². The molecule has 16 heavy (non-hydrogen) atoms. The van der Waals surface area contributed by atoms with Crippen LogP contribution in [0.3, 0.4) is 0 Å². The van der Waals surface area contributed by atoms with Crippen LogP contribution in [0, 0.1) is 0 Å². The van der Waals surface area contributed by atoms with E-state index in [-0.39, 0.29) is 11.3 Å². The molecule has 0 saturated heterocycles. The van der Waals surface area contributed by atoms with Crippen molar-refractivity contribution in [2.75, 3.05) is 0 Å². The largest absolute Gasteiger partial charge is 0.507 e. The molecular formula is C12H10O4. The van der Waals surface area contributed by atoms with E-state index >= 15 is 0 Å². The Balaban J connectivity index is 2.72. The summed E-state index contributed by atoms with van der Waals surface area (Å²) in [6.07, 6.45) is -1.58. The van der Waals surface area contributed by atoms with Gasteiger partial charge in [-0.15, -0.1) is 0 Å². The number of aliphatic hydroxyl groups excluding tert-OH is 1. The van der Waals surface area contributed by atoms with E-state index in [1.54, 1.807) is 24.3 Å². The molecule has 0 fully saturated rings. The molecule has 2 aromatic carbocycles. The number of carboxylic acids is 1. The lowest BCUT2D eigenvalue weighted by atomic mass is 10.00. The van der Waals surface area contributed by atoms with E-state index in [2.05, 4.69) is 0 Å². The molecule has 1 unspecified atom stereocenters. The van der Waals surface area contributed by atoms with Gasteiger partial charge >= 0.3 is 5.97 Å². The average molecular weight is 218 g/mol. The Bertz CT molecular complexity index is 548. The summed E-state index contributed by atoms with van der Waals surface area (Å²) >= 11 is 0. The summed E-state index contributed by atoms with van der Waals surface area (Å²) in [6, 6.07) is 9.58. The average Bonchev–Trinajstić information content (AvgIpc) is 2.29. The van der Waals surface area contributed by atoms with Gasteiger partial charge in [-0.1, -0.05) is 30.3 Å². The molecule has 0 spiro atoms. The summed E-state index contributed by atoms with van der Waals surface area (Å²) < 4.78 is 0. The van der Waals surface area contributed by atoms with E-state index in [0.29, 0.717) is 10.8 Å². The third-order valence-electron chi connectivity index (χ3n) is 2.46. The van der Waals surface area contributed by atoms with Gasteiger partial charge in [0.15, 0.2) is 6.10 Å². The number of carbonyl (C=O) groups is 1. The predicted molar refractivity (Wildman–Crippen MR) is 58.2 cm³/mol. The minimum absolute atomic E-state index is 0.0666. The molecule has 4 heteroatoms. The van der Waals surface area contributed by atoms with Crippen molar-refractivity contribution in [1.82, 2.24) is 0 Å². The number of hydrogen-bond acceptors (Lipinski definition) is 3. The normalized spacial score (nSPS) is 12.6. The summed E-state index contributed by atoms with van der Waals surface area (Å²) in [5, 5.41) is 28.9. The van der Waals surface area contributed by atoms with Crippen LogP contribution in [0.4, 0.5) is 0 Å². The van der Waals surface area contributed by atoms with Crippen molar-refractivity contribution < 1.29 is 20.1 Å². The number of aromatic hydroxyl groups is 1. The van der Waals surface area contributed by atoms with Crippen molar-refractivity contribution in [2.24, 2.45) is 0 Å². The van der Waals surface area contributed by atoms with Crippen LogP contribution < -0.4 is 0 Å². The Hall–Kier alpha value is -2.07. The molecule has 0 aliphatic heterocycles. The zero-order valence-electron chi connectivity index (χ0n) is 8.29. The molecule has 0 aliphatic rings. The van der Waals surface area contributed by atoms with Crippen molar-refractivity contribution in [3.8, 4) is 5.75 Å². The summed E-state index contributed by atoms with van der Waals surface area (Å²) in [5.41, 5.74) is 0.279. The Morgan fingerprint density at radius 2 is 1.69 bits per heavy atom. The van der Waals surface area contributed by atoms with Gasteiger partial charge in [0.05, 0.1) is 0 Å². The molecule has 0 radical (unpaired) electrons. The van der Waals surface area contributed by atoms with E-state index in [1.165, 1.54) is 12.1 Å². The molecule has 2 rings (SSSR count). The minimum Gasteiger partial charge on any atom is -0.507 e. The van der Waals surface area contributed by atoms with E-state index in [0.717, 1.165) is 0 Å². The maximum atomic E-state index is 10.7. The first kappa shape index (κ1) is 10.4. The standard InChI is InChI=1S/C12H10O4/c13-10-6-5-9(11(14)12(15)16)7-3-1-2-4-8(7)10/h1-6,11,13-14H,(H,15,16). The number of phenolic OH excluding ortho intramolecular Hbond substituents is 1. The minimum atomic E-state index is -1.58. The van der Waals surface area contributed by atoms with Gasteiger partial charge in [-0.05, 0) is 17.0 Å². The van der Waals surface area contributed by atoms with Crippen LogP contribution in [0.5, 0.6) is 5.75 Å². The second-order valence-electron chi connectivity index (χ2n) is 3.46. The number of hydrogen-bond donors (Lipinski definition) is 3. The topological polar surface area (TPSA) is 77.8 Å².